The van der Waals surface area contributed by atoms with Crippen molar-refractivity contribution in [3.05, 3.63) is 51.1 Å². The molecule has 1 aromatic heterocycles. The van der Waals surface area contributed by atoms with E-state index in [1.54, 1.807) is 30.5 Å². The predicted molar refractivity (Wildman–Crippen MR) is 58.8 cm³/mol. The molecular formula is C10H6BrN3O. The summed E-state index contributed by atoms with van der Waals surface area (Å²) in [6.45, 7) is 0. The summed E-state index contributed by atoms with van der Waals surface area (Å²) in [6, 6.07) is 8.87. The maximum atomic E-state index is 11.4. The summed E-state index contributed by atoms with van der Waals surface area (Å²) in [5, 5.41) is 8.74. The lowest BCUT2D eigenvalue weighted by molar-refractivity contribution is 0.967. The molecule has 0 spiro atoms. The number of hydrogen-bond donors (Lipinski definition) is 1. The highest BCUT2D eigenvalue weighted by atomic mass is 79.9. The Morgan fingerprint density at radius 2 is 2.27 bits per heavy atom. The zero-order valence-corrected chi connectivity index (χ0v) is 9.15. The van der Waals surface area contributed by atoms with Crippen molar-refractivity contribution in [3.8, 4) is 11.8 Å². The molecule has 0 saturated heterocycles. The van der Waals surface area contributed by atoms with Gasteiger partial charge in [-0.15, -0.1) is 0 Å². The van der Waals surface area contributed by atoms with Crippen LogP contribution in [0.5, 0.6) is 0 Å². The van der Waals surface area contributed by atoms with Crippen LogP contribution >= 0.6 is 15.9 Å². The molecule has 0 aliphatic heterocycles. The lowest BCUT2D eigenvalue weighted by Crippen LogP contribution is -2.14. The number of hydrogen-bond acceptors (Lipinski definition) is 2. The van der Waals surface area contributed by atoms with Gasteiger partial charge in [0.25, 0.3) is 0 Å². The Kier molecular flexibility index (Phi) is 2.44. The second-order valence-electron chi connectivity index (χ2n) is 2.91. The highest BCUT2D eigenvalue weighted by Crippen LogP contribution is 2.14. The number of halogens is 1. The smallest absolute Gasteiger partial charge is 0.311 e. The van der Waals surface area contributed by atoms with Crippen molar-refractivity contribution < 1.29 is 0 Å². The average molecular weight is 264 g/mol. The van der Waals surface area contributed by atoms with Crippen molar-refractivity contribution in [3.63, 3.8) is 0 Å². The fraction of sp³-hybridized carbons (Fsp3) is 0. The van der Waals surface area contributed by atoms with Gasteiger partial charge in [0.15, 0.2) is 0 Å². The zero-order chi connectivity index (χ0) is 10.8. The number of nitrogens with zero attached hydrogens (tertiary/aromatic N) is 2. The monoisotopic (exact) mass is 263 g/mol. The molecule has 0 atom stereocenters. The van der Waals surface area contributed by atoms with Crippen molar-refractivity contribution in [2.45, 2.75) is 0 Å². The molecular weight excluding hydrogens is 258 g/mol. The SMILES string of the molecule is N#Cc1cccc(-n2c(Br)c[nH]c2=O)c1. The molecule has 0 unspecified atom stereocenters. The number of nitrogens with one attached hydrogen (secondary N) is 1. The first kappa shape index (κ1) is 9.74. The van der Waals surface area contributed by atoms with Gasteiger partial charge in [0.05, 0.1) is 17.3 Å². The van der Waals surface area contributed by atoms with Crippen molar-refractivity contribution in [2.75, 3.05) is 0 Å². The third-order valence-corrected chi connectivity index (χ3v) is 2.55. The molecule has 1 aromatic carbocycles. The van der Waals surface area contributed by atoms with Gasteiger partial charge in [-0.2, -0.15) is 5.26 Å². The molecule has 4 nitrogen and oxygen atoms in total. The molecule has 5 heteroatoms. The Hall–Kier alpha value is -1.80. The van der Waals surface area contributed by atoms with Crippen LogP contribution in [0.25, 0.3) is 5.69 Å². The third-order valence-electron chi connectivity index (χ3n) is 1.96. The van der Waals surface area contributed by atoms with Crippen LogP contribution in [-0.4, -0.2) is 9.55 Å². The quantitative estimate of drug-likeness (QED) is 0.853. The number of aromatic amines is 1. The molecule has 2 aromatic rings. The standard InChI is InChI=1S/C10H6BrN3O/c11-9-6-13-10(15)14(9)8-3-1-2-7(4-8)5-12/h1-4,6H,(H,13,15). The van der Waals surface area contributed by atoms with Gasteiger partial charge in [-0.3, -0.25) is 4.57 Å². The van der Waals surface area contributed by atoms with Crippen LogP contribution in [0.4, 0.5) is 0 Å². The Morgan fingerprint density at radius 3 is 2.87 bits per heavy atom. The molecule has 0 amide bonds. The Bertz CT molecular complexity index is 591. The van der Waals surface area contributed by atoms with E-state index in [9.17, 15) is 4.79 Å². The first-order valence-electron chi connectivity index (χ1n) is 4.19. The van der Waals surface area contributed by atoms with Crippen LogP contribution in [0.15, 0.2) is 39.9 Å². The first-order valence-corrected chi connectivity index (χ1v) is 4.98. The minimum Gasteiger partial charge on any atom is -0.311 e. The van der Waals surface area contributed by atoms with Gasteiger partial charge in [-0.25, -0.2) is 4.79 Å². The van der Waals surface area contributed by atoms with Gasteiger partial charge in [0, 0.05) is 6.20 Å². The van der Waals surface area contributed by atoms with Gasteiger partial charge in [-0.1, -0.05) is 6.07 Å². The maximum Gasteiger partial charge on any atom is 0.331 e. The summed E-state index contributed by atoms with van der Waals surface area (Å²) in [5.41, 5.74) is 0.941. The van der Waals surface area contributed by atoms with Crippen molar-refractivity contribution in [1.82, 2.24) is 9.55 Å². The van der Waals surface area contributed by atoms with E-state index in [0.717, 1.165) is 0 Å². The number of aromatic nitrogens is 2. The molecule has 74 valence electrons. The minimum absolute atomic E-state index is 0.239. The van der Waals surface area contributed by atoms with E-state index in [1.165, 1.54) is 4.57 Å². The number of benzene rings is 1. The Labute approximate surface area is 93.9 Å². The first-order chi connectivity index (χ1) is 7.22. The minimum atomic E-state index is -0.239. The Morgan fingerprint density at radius 1 is 1.47 bits per heavy atom. The molecule has 0 saturated carbocycles. The summed E-state index contributed by atoms with van der Waals surface area (Å²) in [4.78, 5) is 14.0. The summed E-state index contributed by atoms with van der Waals surface area (Å²) in [6.07, 6.45) is 1.56. The summed E-state index contributed by atoms with van der Waals surface area (Å²) >= 11 is 3.25. The Balaban J connectivity index is 2.65. The molecule has 15 heavy (non-hydrogen) atoms. The van der Waals surface area contributed by atoms with Crippen LogP contribution in [0, 0.1) is 11.3 Å². The summed E-state index contributed by atoms with van der Waals surface area (Å²) in [7, 11) is 0. The fourth-order valence-electron chi connectivity index (χ4n) is 1.30. The molecule has 0 aliphatic carbocycles. The lowest BCUT2D eigenvalue weighted by atomic mass is 10.2. The number of H-pyrrole nitrogens is 1. The van der Waals surface area contributed by atoms with E-state index in [4.69, 9.17) is 5.26 Å². The molecule has 0 radical (unpaired) electrons. The highest BCUT2D eigenvalue weighted by Gasteiger charge is 2.05. The molecule has 1 heterocycles. The zero-order valence-electron chi connectivity index (χ0n) is 7.57. The van der Waals surface area contributed by atoms with Crippen LogP contribution in [-0.2, 0) is 0 Å². The van der Waals surface area contributed by atoms with Crippen LogP contribution < -0.4 is 5.69 Å². The lowest BCUT2D eigenvalue weighted by Gasteiger charge is -2.02. The number of imidazole rings is 1. The van der Waals surface area contributed by atoms with Crippen LogP contribution in [0.2, 0.25) is 0 Å². The van der Waals surface area contributed by atoms with E-state index >= 15 is 0 Å². The molecule has 0 bridgehead atoms. The van der Waals surface area contributed by atoms with Crippen molar-refractivity contribution in [2.24, 2.45) is 0 Å². The third kappa shape index (κ3) is 1.72. The van der Waals surface area contributed by atoms with E-state index in [2.05, 4.69) is 20.9 Å². The van der Waals surface area contributed by atoms with Crippen molar-refractivity contribution >= 4 is 15.9 Å². The van der Waals surface area contributed by atoms with Gasteiger partial charge < -0.3 is 4.98 Å². The number of rotatable bonds is 1. The molecule has 0 aliphatic rings. The largest absolute Gasteiger partial charge is 0.331 e. The van der Waals surface area contributed by atoms with Crippen molar-refractivity contribution in [1.29, 1.82) is 5.26 Å². The number of nitriles is 1. The van der Waals surface area contributed by atoms with E-state index in [0.29, 0.717) is 15.9 Å². The van der Waals surface area contributed by atoms with E-state index in [1.807, 2.05) is 6.07 Å². The molecule has 0 fully saturated rings. The average Bonchev–Trinajstić information content (AvgIpc) is 2.59. The normalized spacial score (nSPS) is 9.87. The van der Waals surface area contributed by atoms with Crippen LogP contribution in [0.1, 0.15) is 5.56 Å². The summed E-state index contributed by atoms with van der Waals surface area (Å²) < 4.78 is 2.07. The fourth-order valence-corrected chi connectivity index (χ4v) is 1.78. The second-order valence-corrected chi connectivity index (χ2v) is 3.73. The van der Waals surface area contributed by atoms with Gasteiger partial charge in [0.1, 0.15) is 4.60 Å². The summed E-state index contributed by atoms with van der Waals surface area (Å²) in [5.74, 6) is 0. The van der Waals surface area contributed by atoms with Gasteiger partial charge in [-0.05, 0) is 34.1 Å². The maximum absolute atomic E-state index is 11.4. The molecule has 1 N–H and O–H groups in total. The predicted octanol–water partition coefficient (Wildman–Crippen LogP) is 1.80. The van der Waals surface area contributed by atoms with Gasteiger partial charge >= 0.3 is 5.69 Å². The second kappa shape index (κ2) is 3.75. The van der Waals surface area contributed by atoms with E-state index in [-0.39, 0.29) is 5.69 Å². The van der Waals surface area contributed by atoms with Crippen LogP contribution in [0.3, 0.4) is 0 Å². The molecule has 2 rings (SSSR count). The highest BCUT2D eigenvalue weighted by molar-refractivity contribution is 9.10. The topological polar surface area (TPSA) is 61.6 Å². The van der Waals surface area contributed by atoms with Gasteiger partial charge in [0.2, 0.25) is 0 Å². The van der Waals surface area contributed by atoms with E-state index < -0.39 is 0 Å².